The monoisotopic (exact) mass is 535 g/mol. The molecule has 1 aromatic carbocycles. The zero-order valence-electron chi connectivity index (χ0n) is 11.0. The van der Waals surface area contributed by atoms with Crippen LogP contribution in [-0.2, 0) is 20.1 Å². The minimum absolute atomic E-state index is 0. The molecule has 1 heterocycles. The minimum Gasteiger partial charge on any atom is -0.525 e. The van der Waals surface area contributed by atoms with Crippen molar-refractivity contribution >= 4 is 16.7 Å². The van der Waals surface area contributed by atoms with E-state index in [2.05, 4.69) is 4.98 Å². The quantitative estimate of drug-likeness (QED) is 0.396. The molecule has 2 nitrogen and oxygen atoms in total. The molecular formula is C13H4F8IrNO-. The summed E-state index contributed by atoms with van der Waals surface area (Å²) in [6.07, 6.45) is 0.453. The van der Waals surface area contributed by atoms with Crippen LogP contribution in [-0.4, -0.2) is 28.7 Å². The Hall–Kier alpha value is -1.48. The number of nitrogens with zero attached hydrogens (tertiary/aromatic N) is 1. The normalized spacial score (nSPS) is 23.4. The number of oxazole rings is 1. The number of fused-ring (bicyclic) bond motifs is 1. The van der Waals surface area contributed by atoms with Gasteiger partial charge in [0.25, 0.3) is 5.92 Å². The smallest absolute Gasteiger partial charge is 0.378 e. The number of allylic oxidation sites excluding steroid dienone is 2. The van der Waals surface area contributed by atoms with Gasteiger partial charge < -0.3 is 9.40 Å². The number of rotatable bonds is 1. The van der Waals surface area contributed by atoms with Crippen LogP contribution < -0.4 is 0 Å². The predicted molar refractivity (Wildman–Crippen MR) is 60.4 cm³/mol. The second kappa shape index (κ2) is 5.26. The van der Waals surface area contributed by atoms with Crippen LogP contribution in [0.2, 0.25) is 0 Å². The number of alkyl halides is 8. The fraction of sp³-hybridized carbons (Fsp3) is 0.308. The maximum atomic E-state index is 13.7. The van der Waals surface area contributed by atoms with E-state index in [1.54, 1.807) is 0 Å². The van der Waals surface area contributed by atoms with Crippen LogP contribution in [0.3, 0.4) is 0 Å². The van der Waals surface area contributed by atoms with Crippen LogP contribution in [0.4, 0.5) is 35.1 Å². The Labute approximate surface area is 141 Å². The van der Waals surface area contributed by atoms with Gasteiger partial charge in [0.05, 0.1) is 11.4 Å². The van der Waals surface area contributed by atoms with E-state index in [4.69, 9.17) is 4.42 Å². The summed E-state index contributed by atoms with van der Waals surface area (Å²) in [5.74, 6) is -25.3. The average molecular weight is 534 g/mol. The number of hydrogen-bond acceptors (Lipinski definition) is 2. The Morgan fingerprint density at radius 1 is 0.875 bits per heavy atom. The van der Waals surface area contributed by atoms with Crippen molar-refractivity contribution < 1.29 is 59.6 Å². The van der Waals surface area contributed by atoms with Gasteiger partial charge in [0, 0.05) is 20.1 Å². The Morgan fingerprint density at radius 3 is 2.04 bits per heavy atom. The fourth-order valence-electron chi connectivity index (χ4n) is 2.03. The van der Waals surface area contributed by atoms with E-state index >= 15 is 0 Å². The van der Waals surface area contributed by atoms with Crippen LogP contribution in [0.15, 0.2) is 28.7 Å². The summed E-state index contributed by atoms with van der Waals surface area (Å²) in [7, 11) is 0. The maximum Gasteiger partial charge on any atom is 0.378 e. The third-order valence-corrected chi connectivity index (χ3v) is 3.29. The number of aromatic nitrogens is 1. The molecule has 1 aliphatic rings. The molecule has 1 aromatic heterocycles. The van der Waals surface area contributed by atoms with Crippen molar-refractivity contribution in [3.8, 4) is 0 Å². The zero-order valence-corrected chi connectivity index (χ0v) is 13.4. The Kier molecular flexibility index (Phi) is 4.13. The predicted octanol–water partition coefficient (Wildman–Crippen LogP) is 4.57. The Bertz CT molecular complexity index is 780. The van der Waals surface area contributed by atoms with E-state index in [1.807, 2.05) is 0 Å². The van der Waals surface area contributed by atoms with Crippen molar-refractivity contribution in [2.75, 3.05) is 0 Å². The number of para-hydroxylation sites is 2. The molecule has 0 saturated carbocycles. The number of benzene rings is 1. The topological polar surface area (TPSA) is 26.0 Å². The molecule has 11 heteroatoms. The summed E-state index contributed by atoms with van der Waals surface area (Å²) in [5, 5.41) is 0. The Morgan fingerprint density at radius 2 is 1.46 bits per heavy atom. The van der Waals surface area contributed by atoms with E-state index in [9.17, 15) is 35.1 Å². The van der Waals surface area contributed by atoms with E-state index in [1.165, 1.54) is 24.3 Å². The minimum atomic E-state index is -6.36. The molecule has 133 valence electrons. The molecule has 0 saturated heterocycles. The van der Waals surface area contributed by atoms with Crippen LogP contribution in [0.5, 0.6) is 0 Å². The molecule has 0 fully saturated rings. The molecule has 0 amide bonds. The first kappa shape index (κ1) is 18.9. The van der Waals surface area contributed by atoms with Crippen molar-refractivity contribution in [1.82, 2.24) is 4.98 Å². The molecule has 3 rings (SSSR count). The van der Waals surface area contributed by atoms with E-state index in [-0.39, 0.29) is 31.2 Å². The molecular weight excluding hydrogens is 530 g/mol. The van der Waals surface area contributed by atoms with Gasteiger partial charge in [-0.25, -0.2) is 8.78 Å². The molecule has 24 heavy (non-hydrogen) atoms. The van der Waals surface area contributed by atoms with E-state index in [0.29, 0.717) is 6.08 Å². The first-order valence-corrected chi connectivity index (χ1v) is 5.94. The largest absolute Gasteiger partial charge is 0.525 e. The van der Waals surface area contributed by atoms with Crippen LogP contribution in [0, 0.1) is 6.08 Å². The molecule has 0 bridgehead atoms. The van der Waals surface area contributed by atoms with Gasteiger partial charge in [-0.1, -0.05) is 17.7 Å². The first-order chi connectivity index (χ1) is 10.4. The summed E-state index contributed by atoms with van der Waals surface area (Å²) in [6.45, 7) is 0. The number of halogens is 8. The molecule has 1 aliphatic carbocycles. The summed E-state index contributed by atoms with van der Waals surface area (Å²) < 4.78 is 111. The molecule has 0 atom stereocenters. The van der Waals surface area contributed by atoms with Gasteiger partial charge in [0.1, 0.15) is 5.58 Å². The number of hydrogen-bond donors (Lipinski definition) is 0. The van der Waals surface area contributed by atoms with Crippen LogP contribution >= 0.6 is 0 Å². The molecule has 0 N–H and O–H groups in total. The van der Waals surface area contributed by atoms with Crippen LogP contribution in [0.1, 0.15) is 5.89 Å². The van der Waals surface area contributed by atoms with Gasteiger partial charge in [-0.3, -0.25) is 0 Å². The maximum absolute atomic E-state index is 13.7. The second-order valence-corrected chi connectivity index (χ2v) is 4.78. The van der Waals surface area contributed by atoms with Crippen molar-refractivity contribution in [1.29, 1.82) is 0 Å². The summed E-state index contributed by atoms with van der Waals surface area (Å²) in [5.41, 5.74) is -2.48. The third-order valence-electron chi connectivity index (χ3n) is 3.29. The van der Waals surface area contributed by atoms with Gasteiger partial charge in [0.15, 0.2) is 0 Å². The Balaban J connectivity index is 0.00000208. The van der Waals surface area contributed by atoms with Crippen molar-refractivity contribution in [2.45, 2.75) is 23.7 Å². The molecule has 0 unspecified atom stereocenters. The fourth-order valence-corrected chi connectivity index (χ4v) is 2.03. The van der Waals surface area contributed by atoms with E-state index < -0.39 is 35.2 Å². The molecule has 0 spiro atoms. The van der Waals surface area contributed by atoms with Gasteiger partial charge in [-0.05, 0) is 12.1 Å². The summed E-state index contributed by atoms with van der Waals surface area (Å²) in [4.78, 5) is 3.35. The summed E-state index contributed by atoms with van der Waals surface area (Å²) >= 11 is 0. The average Bonchev–Trinajstić information content (AvgIpc) is 2.86. The molecule has 0 aliphatic heterocycles. The van der Waals surface area contributed by atoms with Crippen molar-refractivity contribution in [2.24, 2.45) is 0 Å². The van der Waals surface area contributed by atoms with E-state index in [0.717, 1.165) is 0 Å². The first-order valence-electron chi connectivity index (χ1n) is 5.94. The van der Waals surface area contributed by atoms with Crippen molar-refractivity contribution in [3.05, 3.63) is 36.2 Å². The molecule has 2 aromatic rings. The zero-order chi connectivity index (χ0) is 17.3. The molecule has 1 radical (unpaired) electrons. The standard InChI is InChI=1S/C13H4F8NO.Ir/c14-10(15)5-6(11(16,17)13(20,21)12(10,18)19)9-22-7-3-1-2-4-8(7)23-9;/h1-4H;/q-1;. The third kappa shape index (κ3) is 2.21. The van der Waals surface area contributed by atoms with Crippen molar-refractivity contribution in [3.63, 3.8) is 0 Å². The van der Waals surface area contributed by atoms with Gasteiger partial charge in [0.2, 0.25) is 0 Å². The van der Waals surface area contributed by atoms with Gasteiger partial charge in [-0.2, -0.15) is 32.4 Å². The van der Waals surface area contributed by atoms with Crippen LogP contribution in [0.25, 0.3) is 16.7 Å². The van der Waals surface area contributed by atoms with Gasteiger partial charge in [-0.15, -0.1) is 0 Å². The second-order valence-electron chi connectivity index (χ2n) is 4.78. The SMILES string of the molecule is FC1(F)[C-]=C(c2nc3ccccc3o2)C(F)(F)C(F)(F)C1(F)F.[Ir]. The van der Waals surface area contributed by atoms with Gasteiger partial charge >= 0.3 is 17.8 Å². The summed E-state index contributed by atoms with van der Waals surface area (Å²) in [6, 6.07) is 5.21.